The van der Waals surface area contributed by atoms with Crippen LogP contribution in [0.3, 0.4) is 0 Å². The van der Waals surface area contributed by atoms with Crippen LogP contribution >= 0.6 is 0 Å². The normalized spacial score (nSPS) is 11.1. The molecule has 0 N–H and O–H groups in total. The third-order valence-electron chi connectivity index (χ3n) is 1.97. The van der Waals surface area contributed by atoms with Gasteiger partial charge in [-0.2, -0.15) is 0 Å². The molecule has 2 aromatic heterocycles. The molecule has 0 unspecified atom stereocenters. The van der Waals surface area contributed by atoms with Gasteiger partial charge in [0.25, 0.3) is 0 Å². The van der Waals surface area contributed by atoms with Gasteiger partial charge in [-0.05, 0) is 0 Å². The van der Waals surface area contributed by atoms with Crippen molar-refractivity contribution >= 4 is 17.5 Å². The van der Waals surface area contributed by atoms with Crippen LogP contribution < -0.4 is 0 Å². The first kappa shape index (κ1) is 8.87. The summed E-state index contributed by atoms with van der Waals surface area (Å²) in [5.74, 6) is 1.13. The summed E-state index contributed by atoms with van der Waals surface area (Å²) in [5.41, 5.74) is 1.45. The average Bonchev–Trinajstić information content (AvgIpc) is 2.59. The average molecular weight is 190 g/mol. The highest BCUT2D eigenvalue weighted by atomic mass is 16.3. The smallest absolute Gasteiger partial charge is 0.245 e. The van der Waals surface area contributed by atoms with Gasteiger partial charge in [-0.3, -0.25) is 4.79 Å². The van der Waals surface area contributed by atoms with Crippen LogP contribution in [0.25, 0.3) is 11.2 Å². The van der Waals surface area contributed by atoms with Crippen LogP contribution in [0.2, 0.25) is 0 Å². The summed E-state index contributed by atoms with van der Waals surface area (Å²) in [4.78, 5) is 18.5. The summed E-state index contributed by atoms with van der Waals surface area (Å²) >= 11 is 0. The quantitative estimate of drug-likeness (QED) is 0.681. The van der Waals surface area contributed by atoms with Gasteiger partial charge in [0.1, 0.15) is 17.0 Å². The summed E-state index contributed by atoms with van der Waals surface area (Å²) in [6, 6.07) is 1.82. The lowest BCUT2D eigenvalue weighted by atomic mass is 10.2. The topological polar surface area (TPSA) is 56.0 Å². The summed E-state index contributed by atoms with van der Waals surface area (Å²) in [6.07, 6.45) is 2.08. The molecule has 0 aliphatic rings. The summed E-state index contributed by atoms with van der Waals surface area (Å²) in [7, 11) is 0. The minimum Gasteiger partial charge on any atom is -0.441 e. The first-order valence-corrected chi connectivity index (χ1v) is 4.42. The molecule has 0 saturated carbocycles. The third-order valence-corrected chi connectivity index (χ3v) is 1.97. The van der Waals surface area contributed by atoms with Crippen LogP contribution in [-0.2, 0) is 0 Å². The van der Waals surface area contributed by atoms with Crippen molar-refractivity contribution < 1.29 is 9.21 Å². The molecule has 2 rings (SSSR count). The van der Waals surface area contributed by atoms with Gasteiger partial charge < -0.3 is 4.42 Å². The highest BCUT2D eigenvalue weighted by Gasteiger charge is 2.09. The van der Waals surface area contributed by atoms with Crippen molar-refractivity contribution in [2.24, 2.45) is 0 Å². The minimum absolute atomic E-state index is 0.297. The van der Waals surface area contributed by atoms with E-state index in [2.05, 4.69) is 9.97 Å². The molecule has 0 aromatic carbocycles. The standard InChI is InChI=1S/C10H10N2O2/c1-6(2)9-3-8-10(14-9)11-4-7(5-13)12-8/h3-6H,1-2H3. The number of furan rings is 1. The Kier molecular flexibility index (Phi) is 2.04. The van der Waals surface area contributed by atoms with Crippen molar-refractivity contribution in [3.8, 4) is 0 Å². The molecule has 4 heteroatoms. The number of aldehydes is 1. The van der Waals surface area contributed by atoms with Crippen LogP contribution in [-0.4, -0.2) is 16.3 Å². The summed E-state index contributed by atoms with van der Waals surface area (Å²) < 4.78 is 5.44. The van der Waals surface area contributed by atoms with Crippen LogP contribution in [0.15, 0.2) is 16.7 Å². The lowest BCUT2D eigenvalue weighted by molar-refractivity contribution is 0.111. The van der Waals surface area contributed by atoms with Crippen molar-refractivity contribution in [1.29, 1.82) is 0 Å². The fraction of sp³-hybridized carbons (Fsp3) is 0.300. The molecule has 0 amide bonds. The van der Waals surface area contributed by atoms with E-state index in [1.807, 2.05) is 19.9 Å². The Morgan fingerprint density at radius 1 is 1.50 bits per heavy atom. The van der Waals surface area contributed by atoms with E-state index in [1.165, 1.54) is 6.20 Å². The molecule has 0 radical (unpaired) electrons. The SMILES string of the molecule is CC(C)c1cc2nc(C=O)cnc2o1. The number of aromatic nitrogens is 2. The molecule has 0 atom stereocenters. The van der Waals surface area contributed by atoms with E-state index < -0.39 is 0 Å². The van der Waals surface area contributed by atoms with E-state index in [9.17, 15) is 4.79 Å². The van der Waals surface area contributed by atoms with Gasteiger partial charge in [0.05, 0.1) is 6.20 Å². The first-order chi connectivity index (χ1) is 6.70. The molecule has 14 heavy (non-hydrogen) atoms. The van der Waals surface area contributed by atoms with E-state index in [-0.39, 0.29) is 0 Å². The molecular weight excluding hydrogens is 180 g/mol. The number of rotatable bonds is 2. The Labute approximate surface area is 81.0 Å². The number of carbonyl (C=O) groups is 1. The van der Waals surface area contributed by atoms with Gasteiger partial charge in [0.2, 0.25) is 5.71 Å². The summed E-state index contributed by atoms with van der Waals surface area (Å²) in [5, 5.41) is 0. The zero-order valence-electron chi connectivity index (χ0n) is 8.02. The predicted octanol–water partition coefficient (Wildman–Crippen LogP) is 2.16. The molecule has 72 valence electrons. The first-order valence-electron chi connectivity index (χ1n) is 4.42. The fourth-order valence-electron chi connectivity index (χ4n) is 1.20. The monoisotopic (exact) mass is 190 g/mol. The zero-order valence-corrected chi connectivity index (χ0v) is 8.02. The lowest BCUT2D eigenvalue weighted by Crippen LogP contribution is -1.87. The van der Waals surface area contributed by atoms with E-state index in [1.54, 1.807) is 0 Å². The van der Waals surface area contributed by atoms with E-state index >= 15 is 0 Å². The summed E-state index contributed by atoms with van der Waals surface area (Å²) in [6.45, 7) is 4.05. The number of carbonyl (C=O) groups excluding carboxylic acids is 1. The molecule has 0 saturated heterocycles. The molecule has 2 aromatic rings. The number of fused-ring (bicyclic) bond motifs is 1. The van der Waals surface area contributed by atoms with Gasteiger partial charge in [-0.15, -0.1) is 0 Å². The van der Waals surface area contributed by atoms with E-state index in [4.69, 9.17) is 4.42 Å². The highest BCUT2D eigenvalue weighted by molar-refractivity contribution is 5.77. The second-order valence-electron chi connectivity index (χ2n) is 3.41. The molecule has 4 nitrogen and oxygen atoms in total. The predicted molar refractivity (Wildman–Crippen MR) is 51.3 cm³/mol. The molecule has 0 aliphatic carbocycles. The fourth-order valence-corrected chi connectivity index (χ4v) is 1.20. The second kappa shape index (κ2) is 3.21. The number of hydrogen-bond donors (Lipinski definition) is 0. The molecule has 0 bridgehead atoms. The largest absolute Gasteiger partial charge is 0.441 e. The third kappa shape index (κ3) is 1.39. The van der Waals surface area contributed by atoms with Gasteiger partial charge in [0, 0.05) is 12.0 Å². The van der Waals surface area contributed by atoms with Crippen LogP contribution in [0, 0.1) is 0 Å². The Morgan fingerprint density at radius 2 is 2.29 bits per heavy atom. The van der Waals surface area contributed by atoms with Crippen molar-refractivity contribution in [2.45, 2.75) is 19.8 Å². The van der Waals surface area contributed by atoms with Crippen molar-refractivity contribution in [3.05, 3.63) is 23.7 Å². The maximum absolute atomic E-state index is 10.5. The Bertz CT molecular complexity index is 474. The van der Waals surface area contributed by atoms with Crippen molar-refractivity contribution in [3.63, 3.8) is 0 Å². The molecule has 2 heterocycles. The van der Waals surface area contributed by atoms with Gasteiger partial charge in [-0.1, -0.05) is 13.8 Å². The zero-order chi connectivity index (χ0) is 10.1. The van der Waals surface area contributed by atoms with Gasteiger partial charge >= 0.3 is 0 Å². The second-order valence-corrected chi connectivity index (χ2v) is 3.41. The van der Waals surface area contributed by atoms with Gasteiger partial charge in [-0.25, -0.2) is 9.97 Å². The Morgan fingerprint density at radius 3 is 2.93 bits per heavy atom. The Hall–Kier alpha value is -1.71. The lowest BCUT2D eigenvalue weighted by Gasteiger charge is -1.94. The van der Waals surface area contributed by atoms with Crippen molar-refractivity contribution in [1.82, 2.24) is 9.97 Å². The molecular formula is C10H10N2O2. The minimum atomic E-state index is 0.297. The van der Waals surface area contributed by atoms with Gasteiger partial charge in [0.15, 0.2) is 6.29 Å². The van der Waals surface area contributed by atoms with Crippen LogP contribution in [0.1, 0.15) is 36.0 Å². The van der Waals surface area contributed by atoms with Crippen LogP contribution in [0.5, 0.6) is 0 Å². The maximum atomic E-state index is 10.5. The maximum Gasteiger partial charge on any atom is 0.245 e. The molecule has 0 spiro atoms. The highest BCUT2D eigenvalue weighted by Crippen LogP contribution is 2.21. The number of hydrogen-bond acceptors (Lipinski definition) is 4. The van der Waals surface area contributed by atoms with Crippen LogP contribution in [0.4, 0.5) is 0 Å². The molecule has 0 fully saturated rings. The van der Waals surface area contributed by atoms with Crippen molar-refractivity contribution in [2.75, 3.05) is 0 Å². The molecule has 0 aliphatic heterocycles. The van der Waals surface area contributed by atoms with E-state index in [0.717, 1.165) is 5.76 Å². The van der Waals surface area contributed by atoms with E-state index in [0.29, 0.717) is 29.1 Å². The number of nitrogens with zero attached hydrogens (tertiary/aromatic N) is 2. The Balaban J connectivity index is 2.59.